The third kappa shape index (κ3) is 3.06. The van der Waals surface area contributed by atoms with Gasteiger partial charge in [0.05, 0.1) is 19.2 Å². The summed E-state index contributed by atoms with van der Waals surface area (Å²) >= 11 is 0. The third-order valence-corrected chi connectivity index (χ3v) is 2.33. The molecule has 1 unspecified atom stereocenters. The number of nitrogens with zero attached hydrogens (tertiary/aromatic N) is 2. The van der Waals surface area contributed by atoms with Crippen molar-refractivity contribution in [3.05, 3.63) is 18.0 Å². The van der Waals surface area contributed by atoms with Gasteiger partial charge in [0, 0.05) is 25.2 Å². The van der Waals surface area contributed by atoms with E-state index in [2.05, 4.69) is 9.84 Å². The molecule has 1 aromatic rings. The van der Waals surface area contributed by atoms with E-state index in [1.54, 1.807) is 0 Å². The smallest absolute Gasteiger partial charge is 0.306 e. The number of hydrogen-bond donors (Lipinski definition) is 1. The summed E-state index contributed by atoms with van der Waals surface area (Å²) in [5.41, 5.74) is 6.45. The first-order valence-corrected chi connectivity index (χ1v) is 5.01. The van der Waals surface area contributed by atoms with Crippen LogP contribution in [-0.2, 0) is 16.1 Å². The van der Waals surface area contributed by atoms with Gasteiger partial charge in [0.25, 0.3) is 0 Å². The van der Waals surface area contributed by atoms with E-state index in [9.17, 15) is 4.79 Å². The van der Waals surface area contributed by atoms with Gasteiger partial charge in [-0.05, 0) is 13.0 Å². The van der Waals surface area contributed by atoms with Crippen molar-refractivity contribution in [2.24, 2.45) is 5.73 Å². The first kappa shape index (κ1) is 11.7. The lowest BCUT2D eigenvalue weighted by molar-refractivity contribution is -0.141. The van der Waals surface area contributed by atoms with Gasteiger partial charge in [-0.2, -0.15) is 5.10 Å². The van der Waals surface area contributed by atoms with Gasteiger partial charge < -0.3 is 10.5 Å². The minimum absolute atomic E-state index is 0.0507. The van der Waals surface area contributed by atoms with Gasteiger partial charge in [-0.25, -0.2) is 0 Å². The largest absolute Gasteiger partial charge is 0.469 e. The molecule has 15 heavy (non-hydrogen) atoms. The summed E-state index contributed by atoms with van der Waals surface area (Å²) in [6, 6.07) is 1.89. The number of methoxy groups -OCH3 is 1. The Hall–Kier alpha value is -1.36. The van der Waals surface area contributed by atoms with E-state index in [-0.39, 0.29) is 18.3 Å². The molecule has 5 nitrogen and oxygen atoms in total. The Balaban J connectivity index is 2.69. The number of carbonyl (C=O) groups excluding carboxylic acids is 1. The molecule has 0 fully saturated rings. The average molecular weight is 211 g/mol. The Morgan fingerprint density at radius 2 is 2.47 bits per heavy atom. The molecule has 0 aliphatic rings. The average Bonchev–Trinajstić information content (AvgIpc) is 2.73. The number of esters is 1. The summed E-state index contributed by atoms with van der Waals surface area (Å²) in [4.78, 5) is 11.1. The molecule has 0 amide bonds. The third-order valence-electron chi connectivity index (χ3n) is 2.33. The molecule has 0 aliphatic heterocycles. The van der Waals surface area contributed by atoms with Crippen LogP contribution in [0.4, 0.5) is 0 Å². The van der Waals surface area contributed by atoms with Crippen LogP contribution in [0.3, 0.4) is 0 Å². The van der Waals surface area contributed by atoms with Gasteiger partial charge in [-0.1, -0.05) is 0 Å². The molecule has 84 valence electrons. The van der Waals surface area contributed by atoms with Crippen LogP contribution in [0, 0.1) is 0 Å². The first-order valence-electron chi connectivity index (χ1n) is 5.01. The van der Waals surface area contributed by atoms with E-state index in [1.165, 1.54) is 7.11 Å². The zero-order valence-corrected chi connectivity index (χ0v) is 9.14. The quantitative estimate of drug-likeness (QED) is 0.720. The number of carbonyl (C=O) groups is 1. The van der Waals surface area contributed by atoms with Gasteiger partial charge in [-0.3, -0.25) is 9.48 Å². The normalized spacial score (nSPS) is 12.5. The molecule has 0 spiro atoms. The Bertz CT molecular complexity index is 322. The number of hydrogen-bond acceptors (Lipinski definition) is 4. The van der Waals surface area contributed by atoms with Crippen molar-refractivity contribution in [1.29, 1.82) is 0 Å². The second kappa shape index (κ2) is 5.50. The summed E-state index contributed by atoms with van der Waals surface area (Å²) in [7, 11) is 1.38. The maximum Gasteiger partial charge on any atom is 0.306 e. The SMILES string of the molecule is CCn1ccc(C(CN)CC(=O)OC)n1. The van der Waals surface area contributed by atoms with Crippen molar-refractivity contribution in [1.82, 2.24) is 9.78 Å². The molecule has 0 saturated carbocycles. The molecule has 1 atom stereocenters. The molecular weight excluding hydrogens is 194 g/mol. The molecular formula is C10H17N3O2. The summed E-state index contributed by atoms with van der Waals surface area (Å²) < 4.78 is 6.42. The fraction of sp³-hybridized carbons (Fsp3) is 0.600. The van der Waals surface area contributed by atoms with Gasteiger partial charge in [-0.15, -0.1) is 0 Å². The molecule has 0 saturated heterocycles. The topological polar surface area (TPSA) is 70.1 Å². The van der Waals surface area contributed by atoms with Crippen LogP contribution in [-0.4, -0.2) is 29.4 Å². The highest BCUT2D eigenvalue weighted by atomic mass is 16.5. The Labute approximate surface area is 89.2 Å². The molecule has 1 aromatic heterocycles. The zero-order chi connectivity index (χ0) is 11.3. The summed E-state index contributed by atoms with van der Waals surface area (Å²) in [5.74, 6) is -0.304. The minimum Gasteiger partial charge on any atom is -0.469 e. The molecule has 0 aliphatic carbocycles. The van der Waals surface area contributed by atoms with Crippen molar-refractivity contribution in [3.63, 3.8) is 0 Å². The molecule has 1 heterocycles. The van der Waals surface area contributed by atoms with Gasteiger partial charge in [0.15, 0.2) is 0 Å². The van der Waals surface area contributed by atoms with Gasteiger partial charge in [0.2, 0.25) is 0 Å². The fourth-order valence-electron chi connectivity index (χ4n) is 1.36. The van der Waals surface area contributed by atoms with Crippen LogP contribution in [0.5, 0.6) is 0 Å². The number of aromatic nitrogens is 2. The van der Waals surface area contributed by atoms with E-state index in [0.717, 1.165) is 12.2 Å². The summed E-state index contributed by atoms with van der Waals surface area (Å²) in [6.45, 7) is 3.22. The van der Waals surface area contributed by atoms with Crippen molar-refractivity contribution in [2.45, 2.75) is 25.8 Å². The molecule has 2 N–H and O–H groups in total. The first-order chi connectivity index (χ1) is 7.21. The Kier molecular flexibility index (Phi) is 4.30. The van der Waals surface area contributed by atoms with E-state index in [4.69, 9.17) is 5.73 Å². The number of nitrogens with two attached hydrogens (primary N) is 1. The van der Waals surface area contributed by atoms with Crippen molar-refractivity contribution in [2.75, 3.05) is 13.7 Å². The lowest BCUT2D eigenvalue weighted by atomic mass is 10.0. The van der Waals surface area contributed by atoms with Gasteiger partial charge >= 0.3 is 5.97 Å². The van der Waals surface area contributed by atoms with E-state index < -0.39 is 0 Å². The number of rotatable bonds is 5. The van der Waals surface area contributed by atoms with Crippen LogP contribution < -0.4 is 5.73 Å². The van der Waals surface area contributed by atoms with Crippen LogP contribution in [0.15, 0.2) is 12.3 Å². The van der Waals surface area contributed by atoms with Crippen LogP contribution in [0.2, 0.25) is 0 Å². The van der Waals surface area contributed by atoms with Crippen LogP contribution >= 0.6 is 0 Å². The van der Waals surface area contributed by atoms with Crippen molar-refractivity contribution < 1.29 is 9.53 Å². The molecule has 5 heteroatoms. The fourth-order valence-corrected chi connectivity index (χ4v) is 1.36. The van der Waals surface area contributed by atoms with Crippen molar-refractivity contribution in [3.8, 4) is 0 Å². The molecule has 0 radical (unpaired) electrons. The number of ether oxygens (including phenoxy) is 1. The van der Waals surface area contributed by atoms with Crippen LogP contribution in [0.1, 0.15) is 25.0 Å². The van der Waals surface area contributed by atoms with E-state index >= 15 is 0 Å². The highest BCUT2D eigenvalue weighted by molar-refractivity contribution is 5.70. The van der Waals surface area contributed by atoms with E-state index in [0.29, 0.717) is 6.54 Å². The second-order valence-corrected chi connectivity index (χ2v) is 3.31. The van der Waals surface area contributed by atoms with E-state index in [1.807, 2.05) is 23.9 Å². The minimum atomic E-state index is -0.253. The molecule has 1 rings (SSSR count). The van der Waals surface area contributed by atoms with Crippen LogP contribution in [0.25, 0.3) is 0 Å². The Morgan fingerprint density at radius 3 is 2.93 bits per heavy atom. The lowest BCUT2D eigenvalue weighted by Crippen LogP contribution is -2.18. The highest BCUT2D eigenvalue weighted by Gasteiger charge is 2.17. The molecule has 0 bridgehead atoms. The Morgan fingerprint density at radius 1 is 1.73 bits per heavy atom. The predicted octanol–water partition coefficient (Wildman–Crippen LogP) is 0.508. The monoisotopic (exact) mass is 211 g/mol. The maximum absolute atomic E-state index is 11.1. The number of aryl methyl sites for hydroxylation is 1. The zero-order valence-electron chi connectivity index (χ0n) is 9.14. The lowest BCUT2D eigenvalue weighted by Gasteiger charge is -2.10. The second-order valence-electron chi connectivity index (χ2n) is 3.31. The highest BCUT2D eigenvalue weighted by Crippen LogP contribution is 2.16. The molecule has 0 aromatic carbocycles. The standard InChI is InChI=1S/C10H17N3O2/c1-3-13-5-4-9(12-13)8(7-11)6-10(14)15-2/h4-5,8H,3,6-7,11H2,1-2H3. The van der Waals surface area contributed by atoms with Gasteiger partial charge in [0.1, 0.15) is 0 Å². The summed E-state index contributed by atoms with van der Waals surface area (Å²) in [6.07, 6.45) is 2.17. The predicted molar refractivity (Wildman–Crippen MR) is 56.3 cm³/mol. The summed E-state index contributed by atoms with van der Waals surface area (Å²) in [5, 5.41) is 4.32. The van der Waals surface area contributed by atoms with Crippen molar-refractivity contribution >= 4 is 5.97 Å². The maximum atomic E-state index is 11.1.